The second kappa shape index (κ2) is 6.51. The van der Waals surface area contributed by atoms with Gasteiger partial charge in [0.25, 0.3) is 5.91 Å². The number of nitrogens with zero attached hydrogens (tertiary/aromatic N) is 2. The van der Waals surface area contributed by atoms with E-state index in [1.165, 1.54) is 0 Å². The van der Waals surface area contributed by atoms with Gasteiger partial charge in [0, 0.05) is 11.3 Å². The Balaban J connectivity index is 1.51. The van der Waals surface area contributed by atoms with Gasteiger partial charge in [-0.2, -0.15) is 0 Å². The molecule has 0 bridgehead atoms. The summed E-state index contributed by atoms with van der Waals surface area (Å²) in [4.78, 5) is 30.3. The molecule has 0 radical (unpaired) electrons. The number of carbonyl (C=O) groups is 2. The number of rotatable bonds is 4. The lowest BCUT2D eigenvalue weighted by Gasteiger charge is -2.25. The topological polar surface area (TPSA) is 83.0 Å². The van der Waals surface area contributed by atoms with Crippen LogP contribution in [-0.2, 0) is 16.1 Å². The molecule has 1 unspecified atom stereocenters. The van der Waals surface area contributed by atoms with E-state index in [4.69, 9.17) is 4.74 Å². The summed E-state index contributed by atoms with van der Waals surface area (Å²) in [6, 6.07) is 14.8. The van der Waals surface area contributed by atoms with Gasteiger partial charge in [0.15, 0.2) is 6.10 Å². The van der Waals surface area contributed by atoms with Crippen molar-refractivity contribution >= 4 is 29.1 Å². The molecule has 2 aromatic carbocycles. The molecule has 2 aliphatic heterocycles. The summed E-state index contributed by atoms with van der Waals surface area (Å²) in [6.45, 7) is 2.49. The Morgan fingerprint density at radius 3 is 2.81 bits per heavy atom. The molecule has 26 heavy (non-hydrogen) atoms. The van der Waals surface area contributed by atoms with Gasteiger partial charge in [-0.15, -0.1) is 0 Å². The Morgan fingerprint density at radius 2 is 2.00 bits per heavy atom. The maximum absolute atomic E-state index is 12.4. The average Bonchev–Trinajstić information content (AvgIpc) is 3.00. The van der Waals surface area contributed by atoms with Crippen molar-refractivity contribution in [2.45, 2.75) is 19.6 Å². The van der Waals surface area contributed by atoms with Gasteiger partial charge in [-0.05, 0) is 31.2 Å². The van der Waals surface area contributed by atoms with Crippen LogP contribution in [0.1, 0.15) is 12.5 Å². The van der Waals surface area contributed by atoms with Gasteiger partial charge in [0.2, 0.25) is 11.9 Å². The van der Waals surface area contributed by atoms with Crippen LogP contribution in [0.5, 0.6) is 5.75 Å². The zero-order valence-electron chi connectivity index (χ0n) is 14.2. The lowest BCUT2D eigenvalue weighted by molar-refractivity contribution is -0.122. The largest absolute Gasteiger partial charge is 0.480 e. The molecule has 2 aromatic rings. The van der Waals surface area contributed by atoms with E-state index < -0.39 is 6.10 Å². The fourth-order valence-electron chi connectivity index (χ4n) is 2.96. The number of anilines is 1. The number of nitrogens with one attached hydrogen (secondary N) is 2. The fraction of sp³-hybridized carbons (Fsp3) is 0.211. The van der Waals surface area contributed by atoms with Gasteiger partial charge in [-0.25, -0.2) is 4.99 Å². The summed E-state index contributed by atoms with van der Waals surface area (Å²) in [6.07, 6.45) is -0.676. The molecule has 7 heteroatoms. The Labute approximate surface area is 150 Å². The Morgan fingerprint density at radius 1 is 1.19 bits per heavy atom. The van der Waals surface area contributed by atoms with Crippen molar-refractivity contribution in [3.63, 3.8) is 0 Å². The fourth-order valence-corrected chi connectivity index (χ4v) is 2.96. The number of ether oxygens (including phenoxy) is 1. The molecule has 4 rings (SSSR count). The third kappa shape index (κ3) is 3.11. The van der Waals surface area contributed by atoms with E-state index in [0.717, 1.165) is 16.9 Å². The highest BCUT2D eigenvalue weighted by Gasteiger charge is 2.31. The van der Waals surface area contributed by atoms with Crippen molar-refractivity contribution < 1.29 is 14.3 Å². The molecule has 2 amide bonds. The zero-order chi connectivity index (χ0) is 18.1. The van der Waals surface area contributed by atoms with Crippen LogP contribution in [0.15, 0.2) is 53.5 Å². The number of guanidine groups is 1. The minimum absolute atomic E-state index is 0.0744. The highest BCUT2D eigenvalue weighted by atomic mass is 16.5. The average molecular weight is 350 g/mol. The predicted molar refractivity (Wildman–Crippen MR) is 97.3 cm³/mol. The quantitative estimate of drug-likeness (QED) is 0.884. The summed E-state index contributed by atoms with van der Waals surface area (Å²) < 4.78 is 5.91. The van der Waals surface area contributed by atoms with Crippen LogP contribution in [0, 0.1) is 0 Å². The van der Waals surface area contributed by atoms with E-state index in [1.54, 1.807) is 6.92 Å². The molecule has 2 heterocycles. The van der Waals surface area contributed by atoms with Gasteiger partial charge < -0.3 is 15.0 Å². The molecule has 2 aliphatic rings. The van der Waals surface area contributed by atoms with E-state index in [1.807, 2.05) is 53.4 Å². The van der Waals surface area contributed by atoms with Crippen molar-refractivity contribution in [3.05, 3.63) is 54.1 Å². The van der Waals surface area contributed by atoms with Crippen LogP contribution in [-0.4, -0.2) is 35.3 Å². The van der Waals surface area contributed by atoms with E-state index in [-0.39, 0.29) is 18.4 Å². The number of hydrogen-bond acceptors (Lipinski definition) is 5. The van der Waals surface area contributed by atoms with Crippen molar-refractivity contribution in [2.75, 3.05) is 11.9 Å². The van der Waals surface area contributed by atoms with E-state index >= 15 is 0 Å². The lowest BCUT2D eigenvalue weighted by atomic mass is 10.1. The van der Waals surface area contributed by atoms with Crippen molar-refractivity contribution in [3.8, 4) is 5.75 Å². The van der Waals surface area contributed by atoms with E-state index in [0.29, 0.717) is 18.3 Å². The maximum Gasteiger partial charge on any atom is 0.265 e. The second-order valence-electron chi connectivity index (χ2n) is 6.21. The van der Waals surface area contributed by atoms with Crippen LogP contribution in [0.2, 0.25) is 0 Å². The first-order valence-corrected chi connectivity index (χ1v) is 8.38. The maximum atomic E-state index is 12.4. The highest BCUT2D eigenvalue weighted by Crippen LogP contribution is 2.34. The van der Waals surface area contributed by atoms with E-state index in [9.17, 15) is 9.59 Å². The minimum atomic E-state index is -0.676. The Hall–Kier alpha value is -3.35. The monoisotopic (exact) mass is 350 g/mol. The normalized spacial score (nSPS) is 16.1. The second-order valence-corrected chi connectivity index (χ2v) is 6.21. The van der Waals surface area contributed by atoms with Gasteiger partial charge >= 0.3 is 0 Å². The summed E-state index contributed by atoms with van der Waals surface area (Å²) in [7, 11) is 0. The molecule has 2 N–H and O–H groups in total. The van der Waals surface area contributed by atoms with Crippen LogP contribution in [0.4, 0.5) is 11.4 Å². The first-order valence-electron chi connectivity index (χ1n) is 8.38. The molecule has 1 atom stereocenters. The van der Waals surface area contributed by atoms with Crippen LogP contribution >= 0.6 is 0 Å². The number of carbonyl (C=O) groups excluding carboxylic acids is 2. The molecular weight excluding hydrogens is 332 g/mol. The zero-order valence-corrected chi connectivity index (χ0v) is 14.2. The van der Waals surface area contributed by atoms with Crippen molar-refractivity contribution in [1.82, 2.24) is 10.2 Å². The number of para-hydroxylation sites is 1. The SMILES string of the molecule is CC(Oc1cccc2c1CN1CC(=O)NC1=N2)C(=O)Nc1ccccc1. The minimum Gasteiger partial charge on any atom is -0.480 e. The Bertz CT molecular complexity index is 895. The van der Waals surface area contributed by atoms with E-state index in [2.05, 4.69) is 15.6 Å². The standard InChI is InChI=1S/C19H18N4O3/c1-12(18(25)20-13-6-3-2-4-7-13)26-16-9-5-8-15-14(16)10-23-11-17(24)22-19(23)21-15/h2-9,12H,10-11H2,1H3,(H,20,25)(H,21,22,24). The molecule has 0 aliphatic carbocycles. The number of aliphatic imine (C=N–C) groups is 1. The number of amides is 2. The molecule has 1 fully saturated rings. The first-order chi connectivity index (χ1) is 12.6. The molecule has 0 saturated carbocycles. The summed E-state index contributed by atoms with van der Waals surface area (Å²) in [5, 5.41) is 5.56. The lowest BCUT2D eigenvalue weighted by Crippen LogP contribution is -2.33. The van der Waals surface area contributed by atoms with Gasteiger partial charge in [0.05, 0.1) is 12.2 Å². The third-order valence-corrected chi connectivity index (χ3v) is 4.28. The predicted octanol–water partition coefficient (Wildman–Crippen LogP) is 2.03. The van der Waals surface area contributed by atoms with Gasteiger partial charge in [0.1, 0.15) is 12.3 Å². The number of hydrogen-bond donors (Lipinski definition) is 2. The highest BCUT2D eigenvalue weighted by molar-refractivity contribution is 6.06. The van der Waals surface area contributed by atoms with Crippen LogP contribution < -0.4 is 15.4 Å². The molecule has 0 spiro atoms. The smallest absolute Gasteiger partial charge is 0.265 e. The summed E-state index contributed by atoms with van der Waals surface area (Å²) in [5.74, 6) is 0.858. The first kappa shape index (κ1) is 16.1. The molecule has 0 aromatic heterocycles. The summed E-state index contributed by atoms with van der Waals surface area (Å²) >= 11 is 0. The number of benzene rings is 2. The van der Waals surface area contributed by atoms with Crippen LogP contribution in [0.3, 0.4) is 0 Å². The van der Waals surface area contributed by atoms with Crippen LogP contribution in [0.25, 0.3) is 0 Å². The van der Waals surface area contributed by atoms with Crippen molar-refractivity contribution in [2.24, 2.45) is 4.99 Å². The van der Waals surface area contributed by atoms with Gasteiger partial charge in [-0.1, -0.05) is 24.3 Å². The third-order valence-electron chi connectivity index (χ3n) is 4.28. The molecule has 132 valence electrons. The molecule has 7 nitrogen and oxygen atoms in total. The Kier molecular flexibility index (Phi) is 4.04. The summed E-state index contributed by atoms with van der Waals surface area (Å²) in [5.41, 5.74) is 2.33. The van der Waals surface area contributed by atoms with Gasteiger partial charge in [-0.3, -0.25) is 14.9 Å². The van der Waals surface area contributed by atoms with Crippen molar-refractivity contribution in [1.29, 1.82) is 0 Å². The number of fused-ring (bicyclic) bond motifs is 2. The molecule has 1 saturated heterocycles. The molecular formula is C19H18N4O3.